The molecule has 4 N–H and O–H groups in total. The summed E-state index contributed by atoms with van der Waals surface area (Å²) in [5.74, 6) is 0.0744. The quantitative estimate of drug-likeness (QED) is 0.788. The minimum absolute atomic E-state index is 0.175. The Kier molecular flexibility index (Phi) is 4.50. The number of anilines is 1. The summed E-state index contributed by atoms with van der Waals surface area (Å²) in [6.45, 7) is 2.45. The maximum absolute atomic E-state index is 11.0. The van der Waals surface area contributed by atoms with Gasteiger partial charge < -0.3 is 10.4 Å². The van der Waals surface area contributed by atoms with Gasteiger partial charge in [0.05, 0.1) is 5.75 Å². The van der Waals surface area contributed by atoms with Gasteiger partial charge in [0.1, 0.15) is 5.75 Å². The molecule has 0 unspecified atom stereocenters. The van der Waals surface area contributed by atoms with Crippen LogP contribution in [0.2, 0.25) is 0 Å². The van der Waals surface area contributed by atoms with Crippen LogP contribution in [0.15, 0.2) is 42.5 Å². The first-order chi connectivity index (χ1) is 9.83. The molecule has 112 valence electrons. The molecule has 0 radical (unpaired) electrons. The smallest absolute Gasteiger partial charge is 0.213 e. The SMILES string of the molecule is Cc1ccc(O)c(CNc2ccc(CS(N)(=O)=O)cc2)c1. The largest absolute Gasteiger partial charge is 0.508 e. The molecule has 0 aliphatic heterocycles. The Hall–Kier alpha value is -2.05. The second kappa shape index (κ2) is 6.15. The summed E-state index contributed by atoms with van der Waals surface area (Å²) in [4.78, 5) is 0. The number of hydrogen-bond donors (Lipinski definition) is 3. The lowest BCUT2D eigenvalue weighted by atomic mass is 10.1. The molecule has 0 amide bonds. The molecule has 21 heavy (non-hydrogen) atoms. The Bertz CT molecular complexity index is 725. The highest BCUT2D eigenvalue weighted by molar-refractivity contribution is 7.88. The lowest BCUT2D eigenvalue weighted by Crippen LogP contribution is -2.14. The molecule has 2 aromatic carbocycles. The van der Waals surface area contributed by atoms with Gasteiger partial charge in [-0.2, -0.15) is 0 Å². The van der Waals surface area contributed by atoms with Crippen LogP contribution in [0, 0.1) is 6.92 Å². The Labute approximate surface area is 124 Å². The van der Waals surface area contributed by atoms with Crippen molar-refractivity contribution >= 4 is 15.7 Å². The Morgan fingerprint density at radius 2 is 1.81 bits per heavy atom. The summed E-state index contributed by atoms with van der Waals surface area (Å²) < 4.78 is 22.0. The molecule has 0 heterocycles. The van der Waals surface area contributed by atoms with Gasteiger partial charge in [-0.25, -0.2) is 13.6 Å². The van der Waals surface area contributed by atoms with Crippen molar-refractivity contribution in [1.82, 2.24) is 0 Å². The molecule has 0 fully saturated rings. The zero-order chi connectivity index (χ0) is 15.5. The molecule has 0 aliphatic carbocycles. The van der Waals surface area contributed by atoms with Crippen LogP contribution in [0.4, 0.5) is 5.69 Å². The number of aryl methyl sites for hydroxylation is 1. The molecule has 0 atom stereocenters. The fourth-order valence-electron chi connectivity index (χ4n) is 2.00. The summed E-state index contributed by atoms with van der Waals surface area (Å²) in [5.41, 5.74) is 3.37. The first kappa shape index (κ1) is 15.3. The summed E-state index contributed by atoms with van der Waals surface area (Å²) in [5, 5.41) is 17.9. The van der Waals surface area contributed by atoms with E-state index in [4.69, 9.17) is 5.14 Å². The maximum atomic E-state index is 11.0. The van der Waals surface area contributed by atoms with Crippen LogP contribution in [-0.2, 0) is 22.3 Å². The van der Waals surface area contributed by atoms with E-state index >= 15 is 0 Å². The summed E-state index contributed by atoms with van der Waals surface area (Å²) in [7, 11) is -3.51. The highest BCUT2D eigenvalue weighted by Gasteiger charge is 2.05. The summed E-state index contributed by atoms with van der Waals surface area (Å²) in [6.07, 6.45) is 0. The third-order valence-corrected chi connectivity index (χ3v) is 3.78. The third kappa shape index (κ3) is 4.77. The molecule has 0 bridgehead atoms. The van der Waals surface area contributed by atoms with Crippen LogP contribution in [0.25, 0.3) is 0 Å². The first-order valence-corrected chi connectivity index (χ1v) is 8.17. The van der Waals surface area contributed by atoms with E-state index in [1.54, 1.807) is 30.3 Å². The van der Waals surface area contributed by atoms with Crippen LogP contribution < -0.4 is 10.5 Å². The second-order valence-electron chi connectivity index (χ2n) is 4.99. The number of phenolic OH excluding ortho intramolecular Hbond substituents is 1. The number of nitrogens with one attached hydrogen (secondary N) is 1. The molecule has 2 aromatic rings. The van der Waals surface area contributed by atoms with Crippen LogP contribution in [-0.4, -0.2) is 13.5 Å². The van der Waals surface area contributed by atoms with E-state index < -0.39 is 10.0 Å². The number of primary sulfonamides is 1. The van der Waals surface area contributed by atoms with Crippen molar-refractivity contribution in [2.45, 2.75) is 19.2 Å². The molecule has 0 saturated heterocycles. The molecule has 0 saturated carbocycles. The van der Waals surface area contributed by atoms with Gasteiger partial charge in [0.25, 0.3) is 0 Å². The van der Waals surface area contributed by atoms with Gasteiger partial charge in [-0.1, -0.05) is 29.8 Å². The molecular formula is C15H18N2O3S. The zero-order valence-electron chi connectivity index (χ0n) is 11.7. The van der Waals surface area contributed by atoms with E-state index in [0.29, 0.717) is 12.1 Å². The molecular weight excluding hydrogens is 288 g/mol. The van der Waals surface area contributed by atoms with Crippen molar-refractivity contribution in [3.05, 3.63) is 59.2 Å². The average molecular weight is 306 g/mol. The Balaban J connectivity index is 2.02. The van der Waals surface area contributed by atoms with E-state index in [2.05, 4.69) is 5.32 Å². The molecule has 2 rings (SSSR count). The van der Waals surface area contributed by atoms with Crippen molar-refractivity contribution in [3.63, 3.8) is 0 Å². The lowest BCUT2D eigenvalue weighted by Gasteiger charge is -2.09. The van der Waals surface area contributed by atoms with E-state index in [0.717, 1.165) is 16.8 Å². The number of benzene rings is 2. The number of rotatable bonds is 5. The van der Waals surface area contributed by atoms with Crippen LogP contribution in [0.3, 0.4) is 0 Å². The minimum Gasteiger partial charge on any atom is -0.508 e. The van der Waals surface area contributed by atoms with Crippen molar-refractivity contribution in [3.8, 4) is 5.75 Å². The van der Waals surface area contributed by atoms with Crippen LogP contribution >= 0.6 is 0 Å². The van der Waals surface area contributed by atoms with Gasteiger partial charge in [0.15, 0.2) is 0 Å². The number of hydrogen-bond acceptors (Lipinski definition) is 4. The summed E-state index contributed by atoms with van der Waals surface area (Å²) in [6, 6.07) is 12.4. The van der Waals surface area contributed by atoms with Crippen molar-refractivity contribution in [2.75, 3.05) is 5.32 Å². The second-order valence-corrected chi connectivity index (χ2v) is 6.60. The Morgan fingerprint density at radius 3 is 2.43 bits per heavy atom. The lowest BCUT2D eigenvalue weighted by molar-refractivity contribution is 0.469. The normalized spacial score (nSPS) is 11.3. The van der Waals surface area contributed by atoms with Gasteiger partial charge in [0.2, 0.25) is 10.0 Å². The van der Waals surface area contributed by atoms with Gasteiger partial charge in [-0.15, -0.1) is 0 Å². The zero-order valence-corrected chi connectivity index (χ0v) is 12.5. The van der Waals surface area contributed by atoms with Gasteiger partial charge in [-0.3, -0.25) is 0 Å². The van der Waals surface area contributed by atoms with Crippen molar-refractivity contribution in [2.24, 2.45) is 5.14 Å². The Morgan fingerprint density at radius 1 is 1.14 bits per heavy atom. The van der Waals surface area contributed by atoms with Gasteiger partial charge in [0, 0.05) is 17.8 Å². The molecule has 6 heteroatoms. The van der Waals surface area contributed by atoms with Crippen LogP contribution in [0.1, 0.15) is 16.7 Å². The number of phenols is 1. The highest BCUT2D eigenvalue weighted by Crippen LogP contribution is 2.20. The van der Waals surface area contributed by atoms with Crippen molar-refractivity contribution in [1.29, 1.82) is 0 Å². The monoisotopic (exact) mass is 306 g/mol. The van der Waals surface area contributed by atoms with E-state index in [-0.39, 0.29) is 11.5 Å². The predicted molar refractivity (Wildman–Crippen MR) is 83.4 cm³/mol. The van der Waals surface area contributed by atoms with Crippen LogP contribution in [0.5, 0.6) is 5.75 Å². The first-order valence-electron chi connectivity index (χ1n) is 6.45. The van der Waals surface area contributed by atoms with Crippen molar-refractivity contribution < 1.29 is 13.5 Å². The molecule has 0 aliphatic rings. The molecule has 0 spiro atoms. The van der Waals surface area contributed by atoms with Gasteiger partial charge >= 0.3 is 0 Å². The summed E-state index contributed by atoms with van der Waals surface area (Å²) >= 11 is 0. The highest BCUT2D eigenvalue weighted by atomic mass is 32.2. The van der Waals surface area contributed by atoms with E-state index in [1.807, 2.05) is 19.1 Å². The maximum Gasteiger partial charge on any atom is 0.213 e. The predicted octanol–water partition coefficient (Wildman–Crippen LogP) is 2.10. The standard InChI is InChI=1S/C15H18N2O3S/c1-11-2-7-15(18)13(8-11)9-17-14-5-3-12(4-6-14)10-21(16,19)20/h2-8,17-18H,9-10H2,1H3,(H2,16,19,20). The minimum atomic E-state index is -3.51. The number of aromatic hydroxyl groups is 1. The molecule has 5 nitrogen and oxygen atoms in total. The van der Waals surface area contributed by atoms with Gasteiger partial charge in [-0.05, 0) is 30.7 Å². The number of sulfonamides is 1. The molecule has 0 aromatic heterocycles. The van der Waals surface area contributed by atoms with E-state index in [1.165, 1.54) is 0 Å². The third-order valence-electron chi connectivity index (χ3n) is 3.04. The fraction of sp³-hybridized carbons (Fsp3) is 0.200. The fourth-order valence-corrected chi connectivity index (χ4v) is 2.66. The number of nitrogens with two attached hydrogens (primary N) is 1. The topological polar surface area (TPSA) is 92.4 Å². The average Bonchev–Trinajstić information content (AvgIpc) is 2.40. The van der Waals surface area contributed by atoms with E-state index in [9.17, 15) is 13.5 Å².